The van der Waals surface area contributed by atoms with Gasteiger partial charge in [0.15, 0.2) is 5.16 Å². The van der Waals surface area contributed by atoms with Gasteiger partial charge in [0.2, 0.25) is 0 Å². The average Bonchev–Trinajstić information content (AvgIpc) is 3.50. The van der Waals surface area contributed by atoms with Crippen molar-refractivity contribution in [2.45, 2.75) is 5.16 Å². The number of aromatic nitrogens is 3. The number of hydrogen-bond acceptors (Lipinski definition) is 4. The third-order valence-electron chi connectivity index (χ3n) is 7.39. The first-order chi connectivity index (χ1) is 20.8. The SMILES string of the molecule is CSc1nc(-c2ccc(-c3ccccc3)cc2)c2ccn(-c3ccc(N(c4ccccc4)c4ccccc4)cc3)c2n1. The zero-order valence-corrected chi connectivity index (χ0v) is 23.9. The lowest BCUT2D eigenvalue weighted by molar-refractivity contribution is 0.974. The van der Waals surface area contributed by atoms with Crippen molar-refractivity contribution >= 4 is 39.9 Å². The van der Waals surface area contributed by atoms with Crippen LogP contribution in [-0.2, 0) is 0 Å². The maximum absolute atomic E-state index is 4.94. The third-order valence-corrected chi connectivity index (χ3v) is 7.93. The van der Waals surface area contributed by atoms with Crippen LogP contribution in [0.3, 0.4) is 0 Å². The second kappa shape index (κ2) is 11.4. The summed E-state index contributed by atoms with van der Waals surface area (Å²) in [7, 11) is 0. The van der Waals surface area contributed by atoms with Crippen LogP contribution < -0.4 is 4.90 Å². The fourth-order valence-electron chi connectivity index (χ4n) is 5.33. The van der Waals surface area contributed by atoms with Crippen molar-refractivity contribution in [3.63, 3.8) is 0 Å². The van der Waals surface area contributed by atoms with E-state index in [4.69, 9.17) is 9.97 Å². The molecule has 202 valence electrons. The topological polar surface area (TPSA) is 34.0 Å². The second-order valence-electron chi connectivity index (χ2n) is 9.95. The van der Waals surface area contributed by atoms with Crippen molar-refractivity contribution in [1.29, 1.82) is 0 Å². The number of fused-ring (bicyclic) bond motifs is 1. The quantitative estimate of drug-likeness (QED) is 0.143. The predicted molar refractivity (Wildman–Crippen MR) is 176 cm³/mol. The number of nitrogens with zero attached hydrogens (tertiary/aromatic N) is 4. The molecule has 7 aromatic rings. The van der Waals surface area contributed by atoms with Gasteiger partial charge in [-0.1, -0.05) is 103 Å². The van der Waals surface area contributed by atoms with Crippen molar-refractivity contribution in [2.24, 2.45) is 0 Å². The predicted octanol–water partition coefficient (Wildman–Crippen LogP) is 9.95. The van der Waals surface area contributed by atoms with Gasteiger partial charge in [0.05, 0.1) is 5.69 Å². The van der Waals surface area contributed by atoms with Crippen LogP contribution in [0.4, 0.5) is 17.1 Å². The number of thioether (sulfide) groups is 1. The highest BCUT2D eigenvalue weighted by Gasteiger charge is 2.16. The molecule has 0 spiro atoms. The minimum Gasteiger partial charge on any atom is -0.311 e. The molecule has 5 heteroatoms. The van der Waals surface area contributed by atoms with Crippen molar-refractivity contribution < 1.29 is 0 Å². The smallest absolute Gasteiger partial charge is 0.189 e. The molecule has 42 heavy (non-hydrogen) atoms. The highest BCUT2D eigenvalue weighted by Crippen LogP contribution is 2.36. The standard InChI is InChI=1S/C37H28N4S/c1-42-37-38-35(29-19-17-28(18-20-29)27-11-5-2-6-12-27)34-25-26-40(36(34)39-37)30-21-23-33(24-22-30)41(31-13-7-3-8-14-31)32-15-9-4-10-16-32/h2-26H,1H3. The van der Waals surface area contributed by atoms with Crippen LogP contribution in [-0.4, -0.2) is 20.8 Å². The van der Waals surface area contributed by atoms with Gasteiger partial charge in [-0.2, -0.15) is 0 Å². The molecule has 0 saturated carbocycles. The summed E-state index contributed by atoms with van der Waals surface area (Å²) in [6.07, 6.45) is 4.11. The lowest BCUT2D eigenvalue weighted by Gasteiger charge is -2.25. The van der Waals surface area contributed by atoms with Gasteiger partial charge < -0.3 is 9.47 Å². The summed E-state index contributed by atoms with van der Waals surface area (Å²) in [5.74, 6) is 0. The molecule has 0 unspecified atom stereocenters. The molecule has 2 heterocycles. The molecule has 0 aliphatic rings. The molecule has 0 aliphatic heterocycles. The Labute approximate surface area is 250 Å². The number of anilines is 3. The van der Waals surface area contributed by atoms with Gasteiger partial charge in [0.25, 0.3) is 0 Å². The molecule has 2 aromatic heterocycles. The lowest BCUT2D eigenvalue weighted by Crippen LogP contribution is -2.09. The molecular formula is C37H28N4S. The van der Waals surface area contributed by atoms with Crippen LogP contribution >= 0.6 is 11.8 Å². The minimum absolute atomic E-state index is 0.750. The van der Waals surface area contributed by atoms with Crippen LogP contribution in [0.5, 0.6) is 0 Å². The zero-order valence-electron chi connectivity index (χ0n) is 23.1. The van der Waals surface area contributed by atoms with Crippen molar-refractivity contribution in [2.75, 3.05) is 11.2 Å². The maximum atomic E-state index is 4.94. The van der Waals surface area contributed by atoms with Gasteiger partial charge in [-0.3, -0.25) is 0 Å². The highest BCUT2D eigenvalue weighted by molar-refractivity contribution is 7.98. The van der Waals surface area contributed by atoms with E-state index in [-0.39, 0.29) is 0 Å². The summed E-state index contributed by atoms with van der Waals surface area (Å²) in [5.41, 5.74) is 9.67. The van der Waals surface area contributed by atoms with Gasteiger partial charge in [-0.05, 0) is 72.0 Å². The van der Waals surface area contributed by atoms with Gasteiger partial charge in [0.1, 0.15) is 5.65 Å². The second-order valence-corrected chi connectivity index (χ2v) is 10.7. The molecule has 0 saturated heterocycles. The summed E-state index contributed by atoms with van der Waals surface area (Å²) >= 11 is 1.56. The van der Waals surface area contributed by atoms with E-state index < -0.39 is 0 Å². The molecule has 0 fully saturated rings. The largest absolute Gasteiger partial charge is 0.311 e. The molecule has 0 aliphatic carbocycles. The fourth-order valence-corrected chi connectivity index (χ4v) is 5.69. The first kappa shape index (κ1) is 25.8. The van der Waals surface area contributed by atoms with Gasteiger partial charge in [0, 0.05) is 39.9 Å². The van der Waals surface area contributed by atoms with E-state index in [0.717, 1.165) is 50.2 Å². The van der Waals surface area contributed by atoms with Gasteiger partial charge in [-0.15, -0.1) is 0 Å². The minimum atomic E-state index is 0.750. The fraction of sp³-hybridized carbons (Fsp3) is 0.0270. The Kier molecular flexibility index (Phi) is 7.00. The van der Waals surface area contributed by atoms with E-state index in [2.05, 4.69) is 143 Å². The lowest BCUT2D eigenvalue weighted by atomic mass is 10.0. The Balaban J connectivity index is 1.27. The molecular weight excluding hydrogens is 533 g/mol. The van der Waals surface area contributed by atoms with E-state index >= 15 is 0 Å². The Morgan fingerprint density at radius 2 is 1.05 bits per heavy atom. The first-order valence-electron chi connectivity index (χ1n) is 13.9. The summed E-state index contributed by atoms with van der Waals surface area (Å²) in [5, 5.41) is 1.78. The Bertz CT molecular complexity index is 1890. The maximum Gasteiger partial charge on any atom is 0.189 e. The van der Waals surface area contributed by atoms with Crippen molar-refractivity contribution in [3.8, 4) is 28.1 Å². The van der Waals surface area contributed by atoms with Gasteiger partial charge in [-0.25, -0.2) is 9.97 Å². The van der Waals surface area contributed by atoms with E-state index in [0.29, 0.717) is 0 Å². The molecule has 4 nitrogen and oxygen atoms in total. The monoisotopic (exact) mass is 560 g/mol. The Morgan fingerprint density at radius 3 is 1.64 bits per heavy atom. The number of hydrogen-bond donors (Lipinski definition) is 0. The van der Waals surface area contributed by atoms with Crippen LogP contribution in [0, 0.1) is 0 Å². The molecule has 0 amide bonds. The van der Waals surface area contributed by atoms with E-state index in [9.17, 15) is 0 Å². The van der Waals surface area contributed by atoms with Crippen molar-refractivity contribution in [3.05, 3.63) is 152 Å². The molecule has 0 N–H and O–H groups in total. The van der Waals surface area contributed by atoms with Crippen LogP contribution in [0.15, 0.2) is 157 Å². The zero-order chi connectivity index (χ0) is 28.3. The van der Waals surface area contributed by atoms with E-state index in [1.807, 2.05) is 24.5 Å². The summed E-state index contributed by atoms with van der Waals surface area (Å²) in [4.78, 5) is 12.1. The number of benzene rings is 5. The first-order valence-corrected chi connectivity index (χ1v) is 15.1. The average molecular weight is 561 g/mol. The molecule has 0 radical (unpaired) electrons. The summed E-state index contributed by atoms with van der Waals surface area (Å²) < 4.78 is 2.15. The van der Waals surface area contributed by atoms with Crippen molar-refractivity contribution in [1.82, 2.24) is 14.5 Å². The molecule has 7 rings (SSSR count). The summed E-state index contributed by atoms with van der Waals surface area (Å²) in [6.45, 7) is 0. The van der Waals surface area contributed by atoms with E-state index in [1.165, 1.54) is 11.1 Å². The Hall–Kier alpha value is -5.13. The number of para-hydroxylation sites is 2. The highest BCUT2D eigenvalue weighted by atomic mass is 32.2. The van der Waals surface area contributed by atoms with Crippen LogP contribution in [0.25, 0.3) is 39.1 Å². The normalized spacial score (nSPS) is 11.1. The van der Waals surface area contributed by atoms with E-state index in [1.54, 1.807) is 11.8 Å². The van der Waals surface area contributed by atoms with Crippen LogP contribution in [0.1, 0.15) is 0 Å². The number of rotatable bonds is 7. The molecule has 5 aromatic carbocycles. The summed E-state index contributed by atoms with van der Waals surface area (Å²) in [6, 6.07) is 50.8. The third kappa shape index (κ3) is 4.95. The van der Waals surface area contributed by atoms with Gasteiger partial charge >= 0.3 is 0 Å². The van der Waals surface area contributed by atoms with Crippen LogP contribution in [0.2, 0.25) is 0 Å². The molecule has 0 bridgehead atoms. The Morgan fingerprint density at radius 1 is 0.524 bits per heavy atom. The molecule has 0 atom stereocenters.